The molecule has 1 unspecified atom stereocenters. The monoisotopic (exact) mass is 386 g/mol. The van der Waals surface area contributed by atoms with Crippen LogP contribution in [0.5, 0.6) is 0 Å². The molecule has 4 rings (SSSR count). The fraction of sp³-hybridized carbons (Fsp3) is 0.773. The number of hydrogen-bond donors (Lipinski definition) is 0. The summed E-state index contributed by atoms with van der Waals surface area (Å²) in [6.45, 7) is 9.84. The third kappa shape index (κ3) is 3.30. The van der Waals surface area contributed by atoms with E-state index < -0.39 is 0 Å². The maximum absolute atomic E-state index is 13.2. The van der Waals surface area contributed by atoms with Gasteiger partial charge >= 0.3 is 0 Å². The van der Waals surface area contributed by atoms with Gasteiger partial charge in [0.1, 0.15) is 11.9 Å². The first kappa shape index (κ1) is 19.6. The van der Waals surface area contributed by atoms with Crippen molar-refractivity contribution in [2.24, 2.45) is 18.4 Å². The number of aryl methyl sites for hydroxylation is 1. The predicted molar refractivity (Wildman–Crippen MR) is 110 cm³/mol. The third-order valence-electron chi connectivity index (χ3n) is 6.87. The molecule has 1 saturated heterocycles. The van der Waals surface area contributed by atoms with E-state index in [1.807, 2.05) is 11.6 Å². The van der Waals surface area contributed by atoms with E-state index in [1.165, 1.54) is 12.8 Å². The Balaban J connectivity index is 1.76. The van der Waals surface area contributed by atoms with Gasteiger partial charge in [-0.25, -0.2) is 9.50 Å². The van der Waals surface area contributed by atoms with Crippen LogP contribution in [0.1, 0.15) is 95.6 Å². The van der Waals surface area contributed by atoms with Crippen LogP contribution in [0.4, 0.5) is 0 Å². The Bertz CT molecular complexity index is 907. The molecule has 0 N–H and O–H groups in total. The molecule has 28 heavy (non-hydrogen) atoms. The van der Waals surface area contributed by atoms with E-state index in [-0.39, 0.29) is 11.7 Å². The van der Waals surface area contributed by atoms with Crippen LogP contribution in [0.2, 0.25) is 0 Å². The molecule has 2 aromatic heterocycles. The largest absolute Gasteiger partial charge is 0.370 e. The molecule has 2 aromatic rings. The van der Waals surface area contributed by atoms with Gasteiger partial charge in [0.25, 0.3) is 5.56 Å². The molecule has 154 valence electrons. The SMILES string of the molecule is CCc1nc(C2CCC(C(C)(C)C)CC2)n2nc(C3CCCO3)n(C)c(=O)c12. The van der Waals surface area contributed by atoms with Crippen molar-refractivity contribution in [2.45, 2.75) is 84.7 Å². The normalized spacial score (nSPS) is 26.2. The van der Waals surface area contributed by atoms with Gasteiger partial charge in [0.2, 0.25) is 0 Å². The second kappa shape index (κ2) is 7.29. The zero-order valence-corrected chi connectivity index (χ0v) is 18.0. The summed E-state index contributed by atoms with van der Waals surface area (Å²) in [6, 6.07) is 0. The van der Waals surface area contributed by atoms with E-state index in [0.717, 1.165) is 62.0 Å². The van der Waals surface area contributed by atoms with Crippen LogP contribution in [0.3, 0.4) is 0 Å². The van der Waals surface area contributed by atoms with E-state index in [4.69, 9.17) is 14.8 Å². The van der Waals surface area contributed by atoms with Crippen LogP contribution in [-0.2, 0) is 18.2 Å². The van der Waals surface area contributed by atoms with Crippen molar-refractivity contribution in [1.82, 2.24) is 19.2 Å². The smallest absolute Gasteiger partial charge is 0.279 e. The molecule has 6 heteroatoms. The van der Waals surface area contributed by atoms with Crippen LogP contribution in [0.15, 0.2) is 4.79 Å². The van der Waals surface area contributed by atoms with Gasteiger partial charge in [0, 0.05) is 19.6 Å². The maximum Gasteiger partial charge on any atom is 0.279 e. The summed E-state index contributed by atoms with van der Waals surface area (Å²) in [7, 11) is 1.81. The van der Waals surface area contributed by atoms with E-state index >= 15 is 0 Å². The Morgan fingerprint density at radius 3 is 2.39 bits per heavy atom. The van der Waals surface area contributed by atoms with E-state index in [0.29, 0.717) is 16.8 Å². The summed E-state index contributed by atoms with van der Waals surface area (Å²) in [6.07, 6.45) is 7.28. The molecule has 1 atom stereocenters. The van der Waals surface area contributed by atoms with Crippen LogP contribution in [-0.4, -0.2) is 25.8 Å². The first-order chi connectivity index (χ1) is 13.3. The highest BCUT2D eigenvalue weighted by Crippen LogP contribution is 2.43. The minimum absolute atomic E-state index is 0.000484. The summed E-state index contributed by atoms with van der Waals surface area (Å²) in [5.41, 5.74) is 1.88. The molecule has 0 aromatic carbocycles. The minimum Gasteiger partial charge on any atom is -0.370 e. The number of hydrogen-bond acceptors (Lipinski definition) is 4. The van der Waals surface area contributed by atoms with Crippen molar-refractivity contribution in [3.05, 3.63) is 27.7 Å². The lowest BCUT2D eigenvalue weighted by Crippen LogP contribution is -2.29. The maximum atomic E-state index is 13.2. The predicted octanol–water partition coefficient (Wildman–Crippen LogP) is 4.16. The molecule has 1 aliphatic heterocycles. The van der Waals surface area contributed by atoms with E-state index in [1.54, 1.807) is 4.57 Å². The van der Waals surface area contributed by atoms with Gasteiger partial charge in [-0.2, -0.15) is 0 Å². The Kier molecular flexibility index (Phi) is 5.10. The van der Waals surface area contributed by atoms with Crippen molar-refractivity contribution in [3.63, 3.8) is 0 Å². The summed E-state index contributed by atoms with van der Waals surface area (Å²) >= 11 is 0. The van der Waals surface area contributed by atoms with Crippen molar-refractivity contribution >= 4 is 5.52 Å². The quantitative estimate of drug-likeness (QED) is 0.795. The Morgan fingerprint density at radius 1 is 1.11 bits per heavy atom. The van der Waals surface area contributed by atoms with Crippen LogP contribution >= 0.6 is 0 Å². The number of ether oxygens (including phenoxy) is 1. The first-order valence-corrected chi connectivity index (χ1v) is 10.9. The molecule has 0 amide bonds. The zero-order chi connectivity index (χ0) is 20.1. The Labute approximate surface area is 167 Å². The van der Waals surface area contributed by atoms with Crippen LogP contribution in [0.25, 0.3) is 5.52 Å². The molecule has 6 nitrogen and oxygen atoms in total. The molecule has 0 bridgehead atoms. The zero-order valence-electron chi connectivity index (χ0n) is 18.0. The van der Waals surface area contributed by atoms with Gasteiger partial charge in [-0.15, -0.1) is 5.10 Å². The van der Waals surface area contributed by atoms with Gasteiger partial charge in [0.15, 0.2) is 11.3 Å². The number of fused-ring (bicyclic) bond motifs is 1. The Hall–Kier alpha value is -1.69. The minimum atomic E-state index is -0.0842. The molecule has 1 saturated carbocycles. The molecule has 0 spiro atoms. The van der Waals surface area contributed by atoms with Crippen molar-refractivity contribution in [1.29, 1.82) is 0 Å². The van der Waals surface area contributed by atoms with Gasteiger partial charge in [-0.1, -0.05) is 27.7 Å². The second-order valence-corrected chi connectivity index (χ2v) is 9.67. The fourth-order valence-corrected chi connectivity index (χ4v) is 5.01. The van der Waals surface area contributed by atoms with Crippen molar-refractivity contribution < 1.29 is 4.74 Å². The number of rotatable bonds is 3. The highest BCUT2D eigenvalue weighted by Gasteiger charge is 2.33. The average molecular weight is 387 g/mol. The summed E-state index contributed by atoms with van der Waals surface area (Å²) < 4.78 is 9.39. The van der Waals surface area contributed by atoms with E-state index in [9.17, 15) is 4.79 Å². The molecule has 0 radical (unpaired) electrons. The fourth-order valence-electron chi connectivity index (χ4n) is 5.01. The lowest BCUT2D eigenvalue weighted by Gasteiger charge is -2.36. The van der Waals surface area contributed by atoms with Gasteiger partial charge in [-0.05, 0) is 56.3 Å². The van der Waals surface area contributed by atoms with Gasteiger partial charge in [-0.3, -0.25) is 9.36 Å². The molecule has 1 aliphatic carbocycles. The van der Waals surface area contributed by atoms with Gasteiger partial charge in [0.05, 0.1) is 5.69 Å². The molecule has 2 aliphatic rings. The second-order valence-electron chi connectivity index (χ2n) is 9.67. The summed E-state index contributed by atoms with van der Waals surface area (Å²) in [5, 5.41) is 4.92. The first-order valence-electron chi connectivity index (χ1n) is 10.9. The highest BCUT2D eigenvalue weighted by molar-refractivity contribution is 5.51. The lowest BCUT2D eigenvalue weighted by molar-refractivity contribution is 0.1000. The number of imidazole rings is 1. The lowest BCUT2D eigenvalue weighted by atomic mass is 9.70. The van der Waals surface area contributed by atoms with Crippen molar-refractivity contribution in [3.8, 4) is 0 Å². The standard InChI is InChI=1S/C22H34N4O2/c1-6-16-18-21(27)25(5)20(17-8-7-13-28-17)24-26(18)19(23-16)14-9-11-15(12-10-14)22(2,3)4/h14-15,17H,6-13H2,1-5H3. The topological polar surface area (TPSA) is 61.4 Å². The van der Waals surface area contributed by atoms with Crippen LogP contribution in [0, 0.1) is 11.3 Å². The molecular weight excluding hydrogens is 352 g/mol. The number of aromatic nitrogens is 4. The third-order valence-corrected chi connectivity index (χ3v) is 6.87. The molecular formula is C22H34N4O2. The summed E-state index contributed by atoms with van der Waals surface area (Å²) in [5.74, 6) is 2.85. The highest BCUT2D eigenvalue weighted by atomic mass is 16.5. The molecule has 3 heterocycles. The van der Waals surface area contributed by atoms with Gasteiger partial charge < -0.3 is 4.74 Å². The van der Waals surface area contributed by atoms with E-state index in [2.05, 4.69) is 27.7 Å². The Morgan fingerprint density at radius 2 is 1.82 bits per heavy atom. The van der Waals surface area contributed by atoms with Crippen molar-refractivity contribution in [2.75, 3.05) is 6.61 Å². The molecule has 2 fully saturated rings. The summed E-state index contributed by atoms with van der Waals surface area (Å²) in [4.78, 5) is 18.1. The average Bonchev–Trinajstić information content (AvgIpc) is 3.31. The van der Waals surface area contributed by atoms with Crippen LogP contribution < -0.4 is 5.56 Å². The number of nitrogens with zero attached hydrogens (tertiary/aromatic N) is 4.